The molecule has 1 aromatic rings. The smallest absolute Gasteiger partial charge is 0.253 e. The van der Waals surface area contributed by atoms with Gasteiger partial charge in [0.25, 0.3) is 5.91 Å². The second kappa shape index (κ2) is 8.18. The summed E-state index contributed by atoms with van der Waals surface area (Å²) in [5, 5.41) is 6.69. The number of aliphatic imine (C=N–C) groups is 1. The minimum Gasteiger partial charge on any atom is -0.357 e. The number of rotatable bonds is 5. The van der Waals surface area contributed by atoms with Crippen LogP contribution < -0.4 is 10.6 Å². The number of nitrogens with zero attached hydrogens (tertiary/aromatic N) is 2. The zero-order valence-corrected chi connectivity index (χ0v) is 14.6. The molecular weight excluding hydrogens is 300 g/mol. The van der Waals surface area contributed by atoms with Crippen molar-refractivity contribution < 1.29 is 4.79 Å². The van der Waals surface area contributed by atoms with E-state index in [0.29, 0.717) is 12.6 Å². The van der Waals surface area contributed by atoms with Crippen LogP contribution in [0.2, 0.25) is 0 Å². The van der Waals surface area contributed by atoms with Gasteiger partial charge >= 0.3 is 0 Å². The van der Waals surface area contributed by atoms with E-state index in [1.165, 1.54) is 19.3 Å². The Morgan fingerprint density at radius 2 is 1.88 bits per heavy atom. The number of hydrogen-bond donors (Lipinski definition) is 2. The normalized spacial score (nSPS) is 18.4. The highest BCUT2D eigenvalue weighted by molar-refractivity contribution is 5.94. The molecule has 0 spiro atoms. The fourth-order valence-electron chi connectivity index (χ4n) is 2.94. The molecule has 2 aliphatic rings. The number of nitrogens with one attached hydrogen (secondary N) is 2. The maximum absolute atomic E-state index is 12.5. The van der Waals surface area contributed by atoms with Gasteiger partial charge in [-0.15, -0.1) is 0 Å². The van der Waals surface area contributed by atoms with Crippen LogP contribution in [-0.2, 0) is 6.54 Å². The monoisotopic (exact) mass is 328 g/mol. The molecule has 130 valence electrons. The molecule has 1 aliphatic carbocycles. The Hall–Kier alpha value is -2.04. The van der Waals surface area contributed by atoms with E-state index in [2.05, 4.69) is 22.5 Å². The largest absolute Gasteiger partial charge is 0.357 e. The number of likely N-dealkylation sites (tertiary alicyclic amines) is 1. The Balaban J connectivity index is 1.57. The summed E-state index contributed by atoms with van der Waals surface area (Å²) in [5.74, 6) is 1.04. The van der Waals surface area contributed by atoms with Crippen LogP contribution in [0.15, 0.2) is 29.3 Å². The summed E-state index contributed by atoms with van der Waals surface area (Å²) in [6, 6.07) is 8.49. The third-order valence-electron chi connectivity index (χ3n) is 4.53. The topological polar surface area (TPSA) is 56.7 Å². The highest BCUT2D eigenvalue weighted by Gasteiger charge is 2.22. The summed E-state index contributed by atoms with van der Waals surface area (Å²) in [6.45, 7) is 5.35. The molecule has 0 aromatic heterocycles. The van der Waals surface area contributed by atoms with E-state index in [4.69, 9.17) is 0 Å². The summed E-state index contributed by atoms with van der Waals surface area (Å²) >= 11 is 0. The van der Waals surface area contributed by atoms with E-state index >= 15 is 0 Å². The van der Waals surface area contributed by atoms with Gasteiger partial charge < -0.3 is 15.5 Å². The van der Waals surface area contributed by atoms with Gasteiger partial charge in [0.2, 0.25) is 0 Å². The number of hydrogen-bond acceptors (Lipinski definition) is 2. The molecule has 0 atom stereocenters. The second-order valence-electron chi connectivity index (χ2n) is 6.66. The number of benzene rings is 1. The first-order valence-corrected chi connectivity index (χ1v) is 9.19. The minimum atomic E-state index is 0.161. The molecule has 1 aromatic carbocycles. The summed E-state index contributed by atoms with van der Waals surface area (Å²) in [4.78, 5) is 19.1. The molecule has 24 heavy (non-hydrogen) atoms. The van der Waals surface area contributed by atoms with E-state index in [-0.39, 0.29) is 5.91 Å². The fourth-order valence-corrected chi connectivity index (χ4v) is 2.94. The first kappa shape index (κ1) is 16.8. The number of carbonyl (C=O) groups is 1. The lowest BCUT2D eigenvalue weighted by Crippen LogP contribution is -2.38. The fraction of sp³-hybridized carbons (Fsp3) is 0.579. The Labute approximate surface area is 144 Å². The van der Waals surface area contributed by atoms with Gasteiger partial charge in [0, 0.05) is 31.2 Å². The van der Waals surface area contributed by atoms with Gasteiger partial charge in [-0.3, -0.25) is 4.79 Å². The lowest BCUT2D eigenvalue weighted by atomic mass is 10.1. The van der Waals surface area contributed by atoms with Crippen LogP contribution in [0, 0.1) is 0 Å². The summed E-state index contributed by atoms with van der Waals surface area (Å²) in [7, 11) is 0. The van der Waals surface area contributed by atoms with Gasteiger partial charge in [0.05, 0.1) is 6.54 Å². The molecule has 5 nitrogen and oxygen atoms in total. The summed E-state index contributed by atoms with van der Waals surface area (Å²) in [6.07, 6.45) is 5.96. The van der Waals surface area contributed by atoms with Crippen molar-refractivity contribution in [3.8, 4) is 0 Å². The highest BCUT2D eigenvalue weighted by atomic mass is 16.2. The molecule has 2 N–H and O–H groups in total. The average Bonchev–Trinajstić information content (AvgIpc) is 3.44. The summed E-state index contributed by atoms with van der Waals surface area (Å²) < 4.78 is 0. The maximum Gasteiger partial charge on any atom is 0.253 e. The Morgan fingerprint density at radius 3 is 2.50 bits per heavy atom. The molecule has 0 bridgehead atoms. The predicted octanol–water partition coefficient (Wildman–Crippen LogP) is 2.53. The zero-order chi connectivity index (χ0) is 16.8. The SMILES string of the molecule is CCNC(=NCc1ccc(C(=O)N2CCCCC2)cc1)NC1CC1. The standard InChI is InChI=1S/C19H28N4O/c1-2-20-19(22-17-10-11-17)21-14-15-6-8-16(9-7-15)18(24)23-12-4-3-5-13-23/h6-9,17H,2-5,10-14H2,1H3,(H2,20,21,22). The number of carbonyl (C=O) groups excluding carboxylic acids is 1. The zero-order valence-electron chi connectivity index (χ0n) is 14.6. The number of amides is 1. The Kier molecular flexibility index (Phi) is 5.72. The maximum atomic E-state index is 12.5. The first-order valence-electron chi connectivity index (χ1n) is 9.19. The molecule has 1 amide bonds. The van der Waals surface area contributed by atoms with Gasteiger partial charge in [-0.2, -0.15) is 0 Å². The van der Waals surface area contributed by atoms with Crippen molar-refractivity contribution in [1.82, 2.24) is 15.5 Å². The minimum absolute atomic E-state index is 0.161. The molecule has 1 aliphatic heterocycles. The van der Waals surface area contributed by atoms with Crippen LogP contribution in [0.5, 0.6) is 0 Å². The van der Waals surface area contributed by atoms with Gasteiger partial charge in [0.1, 0.15) is 0 Å². The van der Waals surface area contributed by atoms with E-state index in [9.17, 15) is 4.79 Å². The molecule has 1 heterocycles. The lowest BCUT2D eigenvalue weighted by molar-refractivity contribution is 0.0724. The van der Waals surface area contributed by atoms with Gasteiger partial charge in [-0.1, -0.05) is 12.1 Å². The van der Waals surface area contributed by atoms with Crippen LogP contribution in [0.4, 0.5) is 0 Å². The molecule has 0 unspecified atom stereocenters. The van der Waals surface area contributed by atoms with Crippen LogP contribution >= 0.6 is 0 Å². The van der Waals surface area contributed by atoms with Crippen LogP contribution in [-0.4, -0.2) is 42.4 Å². The van der Waals surface area contributed by atoms with Crippen LogP contribution in [0.1, 0.15) is 54.9 Å². The molecule has 1 saturated heterocycles. The van der Waals surface area contributed by atoms with E-state index in [0.717, 1.165) is 49.6 Å². The molecular formula is C19H28N4O. The second-order valence-corrected chi connectivity index (χ2v) is 6.66. The Bertz CT molecular complexity index is 572. The third kappa shape index (κ3) is 4.73. The highest BCUT2D eigenvalue weighted by Crippen LogP contribution is 2.18. The van der Waals surface area contributed by atoms with Crippen molar-refractivity contribution in [1.29, 1.82) is 0 Å². The predicted molar refractivity (Wildman–Crippen MR) is 97.2 cm³/mol. The molecule has 2 fully saturated rings. The van der Waals surface area contributed by atoms with Crippen molar-refractivity contribution in [3.63, 3.8) is 0 Å². The number of guanidine groups is 1. The van der Waals surface area contributed by atoms with Gasteiger partial charge in [-0.05, 0) is 56.7 Å². The molecule has 3 rings (SSSR count). The lowest BCUT2D eigenvalue weighted by Gasteiger charge is -2.26. The molecule has 5 heteroatoms. The van der Waals surface area contributed by atoms with Crippen LogP contribution in [0.3, 0.4) is 0 Å². The summed E-state index contributed by atoms with van der Waals surface area (Å²) in [5.41, 5.74) is 1.91. The van der Waals surface area contributed by atoms with E-state index < -0.39 is 0 Å². The van der Waals surface area contributed by atoms with E-state index in [1.807, 2.05) is 29.2 Å². The van der Waals surface area contributed by atoms with Crippen molar-refractivity contribution in [2.24, 2.45) is 4.99 Å². The van der Waals surface area contributed by atoms with Gasteiger partial charge in [0.15, 0.2) is 5.96 Å². The van der Waals surface area contributed by atoms with E-state index in [1.54, 1.807) is 0 Å². The molecule has 1 saturated carbocycles. The number of piperidine rings is 1. The van der Waals surface area contributed by atoms with Crippen molar-refractivity contribution in [2.75, 3.05) is 19.6 Å². The molecule has 0 radical (unpaired) electrons. The average molecular weight is 328 g/mol. The van der Waals surface area contributed by atoms with Crippen LogP contribution in [0.25, 0.3) is 0 Å². The quantitative estimate of drug-likeness (QED) is 0.645. The Morgan fingerprint density at radius 1 is 1.17 bits per heavy atom. The van der Waals surface area contributed by atoms with Crippen molar-refractivity contribution in [2.45, 2.75) is 51.6 Å². The van der Waals surface area contributed by atoms with Gasteiger partial charge in [-0.25, -0.2) is 4.99 Å². The van der Waals surface area contributed by atoms with Crippen molar-refractivity contribution in [3.05, 3.63) is 35.4 Å². The van der Waals surface area contributed by atoms with Crippen molar-refractivity contribution >= 4 is 11.9 Å². The first-order chi connectivity index (χ1) is 11.8. The third-order valence-corrected chi connectivity index (χ3v) is 4.53.